The molecule has 29 heavy (non-hydrogen) atoms. The van der Waals surface area contributed by atoms with Crippen LogP contribution in [0.4, 0.5) is 14.5 Å². The molecule has 0 bridgehead atoms. The molecule has 2 heterocycles. The lowest BCUT2D eigenvalue weighted by Gasteiger charge is -2.03. The number of carbonyl (C=O) groups excluding carboxylic acids is 1. The Morgan fingerprint density at radius 3 is 2.72 bits per heavy atom. The molecule has 0 aliphatic rings. The molecule has 0 aliphatic carbocycles. The predicted molar refractivity (Wildman–Crippen MR) is 97.9 cm³/mol. The van der Waals surface area contributed by atoms with Gasteiger partial charge in [0.05, 0.1) is 12.7 Å². The van der Waals surface area contributed by atoms with Gasteiger partial charge in [-0.15, -0.1) is 5.10 Å². The number of amides is 1. The zero-order valence-electron chi connectivity index (χ0n) is 15.1. The summed E-state index contributed by atoms with van der Waals surface area (Å²) in [5.74, 6) is -1.65. The average Bonchev–Trinajstić information content (AvgIpc) is 3.36. The van der Waals surface area contributed by atoms with Crippen molar-refractivity contribution in [2.75, 3.05) is 5.32 Å². The molecule has 0 radical (unpaired) electrons. The van der Waals surface area contributed by atoms with E-state index in [2.05, 4.69) is 25.8 Å². The van der Waals surface area contributed by atoms with Gasteiger partial charge >= 0.3 is 11.8 Å². The Labute approximate surface area is 163 Å². The normalized spacial score (nSPS) is 10.9. The van der Waals surface area contributed by atoms with E-state index in [0.717, 1.165) is 5.56 Å². The first kappa shape index (κ1) is 18.4. The minimum Gasteiger partial charge on any atom is -0.328 e. The number of anilines is 1. The van der Waals surface area contributed by atoms with Crippen molar-refractivity contribution in [2.24, 2.45) is 0 Å². The summed E-state index contributed by atoms with van der Waals surface area (Å²) < 4.78 is 33.1. The fourth-order valence-corrected chi connectivity index (χ4v) is 2.53. The largest absolute Gasteiger partial charge is 0.328 e. The highest BCUT2D eigenvalue weighted by Crippen LogP contribution is 2.16. The second-order valence-electron chi connectivity index (χ2n) is 6.27. The van der Waals surface area contributed by atoms with Gasteiger partial charge in [0.15, 0.2) is 5.69 Å². The summed E-state index contributed by atoms with van der Waals surface area (Å²) in [5.41, 5.74) is 1.87. The zero-order valence-corrected chi connectivity index (χ0v) is 15.1. The second-order valence-corrected chi connectivity index (χ2v) is 6.27. The molecule has 0 saturated carbocycles. The molecule has 1 N–H and O–H groups in total. The lowest BCUT2D eigenvalue weighted by atomic mass is 10.2. The van der Waals surface area contributed by atoms with Gasteiger partial charge in [-0.3, -0.25) is 4.79 Å². The fourth-order valence-electron chi connectivity index (χ4n) is 2.53. The minimum atomic E-state index is -0.675. The molecular formula is C19H14F2N6O2. The molecule has 0 saturated heterocycles. The molecular weight excluding hydrogens is 382 g/mol. The molecule has 8 nitrogen and oxygen atoms in total. The van der Waals surface area contributed by atoms with E-state index in [9.17, 15) is 13.6 Å². The van der Waals surface area contributed by atoms with Crippen molar-refractivity contribution < 1.29 is 18.1 Å². The van der Waals surface area contributed by atoms with Gasteiger partial charge in [0, 0.05) is 5.69 Å². The molecule has 4 aromatic rings. The van der Waals surface area contributed by atoms with E-state index in [1.54, 1.807) is 37.4 Å². The molecule has 2 aromatic carbocycles. The second kappa shape index (κ2) is 7.58. The van der Waals surface area contributed by atoms with Crippen molar-refractivity contribution in [3.05, 3.63) is 77.3 Å². The van der Waals surface area contributed by atoms with Crippen LogP contribution in [0, 0.1) is 18.6 Å². The van der Waals surface area contributed by atoms with Gasteiger partial charge in [0.25, 0.3) is 0 Å². The third kappa shape index (κ3) is 4.15. The topological polar surface area (TPSA) is 98.7 Å². The third-order valence-corrected chi connectivity index (χ3v) is 4.08. The molecule has 0 fully saturated rings. The Morgan fingerprint density at radius 2 is 1.97 bits per heavy atom. The molecule has 146 valence electrons. The minimum absolute atomic E-state index is 0.0793. The van der Waals surface area contributed by atoms with E-state index in [4.69, 9.17) is 4.52 Å². The highest BCUT2D eigenvalue weighted by atomic mass is 19.1. The number of aromatic nitrogens is 5. The molecule has 4 rings (SSSR count). The quantitative estimate of drug-likeness (QED) is 0.556. The molecule has 2 aromatic heterocycles. The van der Waals surface area contributed by atoms with Crippen LogP contribution in [0.3, 0.4) is 0 Å². The van der Waals surface area contributed by atoms with Crippen molar-refractivity contribution in [3.63, 3.8) is 0 Å². The summed E-state index contributed by atoms with van der Waals surface area (Å²) in [6, 6.07) is 10.3. The molecule has 0 atom stereocenters. The van der Waals surface area contributed by atoms with Gasteiger partial charge in [-0.1, -0.05) is 28.6 Å². The Hall–Kier alpha value is -3.95. The summed E-state index contributed by atoms with van der Waals surface area (Å²) in [5, 5.41) is 14.1. The van der Waals surface area contributed by atoms with Gasteiger partial charge in [0.2, 0.25) is 5.82 Å². The maximum atomic E-state index is 13.6. The summed E-state index contributed by atoms with van der Waals surface area (Å²) in [7, 11) is 0. The highest BCUT2D eigenvalue weighted by Gasteiger charge is 2.18. The van der Waals surface area contributed by atoms with E-state index in [0.29, 0.717) is 17.8 Å². The lowest BCUT2D eigenvalue weighted by Crippen LogP contribution is -2.12. The van der Waals surface area contributed by atoms with Crippen molar-refractivity contribution in [1.82, 2.24) is 25.1 Å². The van der Waals surface area contributed by atoms with Crippen LogP contribution in [0.25, 0.3) is 11.5 Å². The summed E-state index contributed by atoms with van der Waals surface area (Å²) in [6.45, 7) is 1.99. The average molecular weight is 396 g/mol. The summed E-state index contributed by atoms with van der Waals surface area (Å²) in [6.07, 6.45) is 1.57. The molecule has 0 unspecified atom stereocenters. The number of nitrogens with zero attached hydrogens (tertiary/aromatic N) is 5. The maximum absolute atomic E-state index is 13.6. The van der Waals surface area contributed by atoms with Crippen LogP contribution in [0.2, 0.25) is 0 Å². The molecule has 10 heteroatoms. The Balaban J connectivity index is 1.46. The van der Waals surface area contributed by atoms with Crippen LogP contribution in [-0.4, -0.2) is 31.0 Å². The van der Waals surface area contributed by atoms with Crippen LogP contribution in [0.15, 0.2) is 53.2 Å². The van der Waals surface area contributed by atoms with Crippen molar-refractivity contribution in [1.29, 1.82) is 0 Å². The Morgan fingerprint density at radius 1 is 1.17 bits per heavy atom. The smallest absolute Gasteiger partial charge is 0.316 e. The van der Waals surface area contributed by atoms with E-state index in [-0.39, 0.29) is 23.2 Å². The summed E-state index contributed by atoms with van der Waals surface area (Å²) in [4.78, 5) is 16.2. The zero-order chi connectivity index (χ0) is 20.4. The van der Waals surface area contributed by atoms with Crippen LogP contribution >= 0.6 is 0 Å². The van der Waals surface area contributed by atoms with Gasteiger partial charge in [-0.25, -0.2) is 13.5 Å². The predicted octanol–water partition coefficient (Wildman–Crippen LogP) is 3.22. The van der Waals surface area contributed by atoms with E-state index in [1.165, 1.54) is 22.9 Å². The molecule has 1 amide bonds. The van der Waals surface area contributed by atoms with Gasteiger partial charge in [0.1, 0.15) is 11.6 Å². The number of aryl methyl sites for hydroxylation is 1. The van der Waals surface area contributed by atoms with Crippen LogP contribution in [-0.2, 0) is 6.54 Å². The first-order valence-corrected chi connectivity index (χ1v) is 8.54. The number of benzene rings is 2. The fraction of sp³-hybridized carbons (Fsp3) is 0.105. The monoisotopic (exact) mass is 396 g/mol. The lowest BCUT2D eigenvalue weighted by molar-refractivity contribution is 0.0981. The van der Waals surface area contributed by atoms with Crippen LogP contribution < -0.4 is 5.32 Å². The summed E-state index contributed by atoms with van der Waals surface area (Å²) >= 11 is 0. The van der Waals surface area contributed by atoms with Gasteiger partial charge in [-0.05, 0) is 42.3 Å². The van der Waals surface area contributed by atoms with Crippen molar-refractivity contribution >= 4 is 11.6 Å². The standard InChI is InChI=1S/C19H14F2N6O2/c1-11-2-7-14(8-15(11)21)22-18(28)19-23-17(25-29-19)16-10-27(26-24-16)9-12-3-5-13(20)6-4-12/h2-8,10H,9H2,1H3,(H,22,28). The van der Waals surface area contributed by atoms with Crippen LogP contribution in [0.5, 0.6) is 0 Å². The van der Waals surface area contributed by atoms with E-state index >= 15 is 0 Å². The first-order chi connectivity index (χ1) is 14.0. The van der Waals surface area contributed by atoms with Crippen molar-refractivity contribution in [2.45, 2.75) is 13.5 Å². The number of halogens is 2. The van der Waals surface area contributed by atoms with Crippen molar-refractivity contribution in [3.8, 4) is 11.5 Å². The SMILES string of the molecule is Cc1ccc(NC(=O)c2nc(-c3cn(Cc4ccc(F)cc4)nn3)no2)cc1F. The van der Waals surface area contributed by atoms with Gasteiger partial charge in [-0.2, -0.15) is 4.98 Å². The number of nitrogens with one attached hydrogen (secondary N) is 1. The van der Waals surface area contributed by atoms with E-state index in [1.807, 2.05) is 0 Å². The van der Waals surface area contributed by atoms with E-state index < -0.39 is 11.7 Å². The van der Waals surface area contributed by atoms with Crippen LogP contribution in [0.1, 0.15) is 21.8 Å². The maximum Gasteiger partial charge on any atom is 0.316 e. The third-order valence-electron chi connectivity index (χ3n) is 4.08. The highest BCUT2D eigenvalue weighted by molar-refractivity contribution is 6.01. The number of rotatable bonds is 5. The Kier molecular flexibility index (Phi) is 4.82. The Bertz CT molecular complexity index is 1170. The number of carbonyl (C=O) groups is 1. The first-order valence-electron chi connectivity index (χ1n) is 8.54. The van der Waals surface area contributed by atoms with Gasteiger partial charge < -0.3 is 9.84 Å². The molecule has 0 aliphatic heterocycles. The number of hydrogen-bond acceptors (Lipinski definition) is 6. The number of hydrogen-bond donors (Lipinski definition) is 1. The molecule has 0 spiro atoms.